The van der Waals surface area contributed by atoms with E-state index in [1.54, 1.807) is 12.0 Å². The number of anilines is 1. The molecular formula is C25H22N4O2S. The number of aryl methyl sites for hydroxylation is 2. The second-order valence-corrected chi connectivity index (χ2v) is 8.59. The molecule has 7 heteroatoms. The van der Waals surface area contributed by atoms with E-state index in [0.717, 1.165) is 27.0 Å². The Hall–Kier alpha value is -3.71. The van der Waals surface area contributed by atoms with Gasteiger partial charge in [0.05, 0.1) is 24.0 Å². The van der Waals surface area contributed by atoms with Crippen molar-refractivity contribution in [3.05, 3.63) is 89.4 Å². The van der Waals surface area contributed by atoms with Gasteiger partial charge in [-0.25, -0.2) is 9.97 Å². The Morgan fingerprint density at radius 1 is 1.03 bits per heavy atom. The van der Waals surface area contributed by atoms with Crippen LogP contribution >= 0.6 is 11.3 Å². The minimum absolute atomic E-state index is 0.138. The second kappa shape index (κ2) is 8.09. The van der Waals surface area contributed by atoms with E-state index >= 15 is 0 Å². The van der Waals surface area contributed by atoms with Crippen LogP contribution in [-0.4, -0.2) is 27.4 Å². The molecule has 0 atom stereocenters. The fourth-order valence-corrected chi connectivity index (χ4v) is 4.92. The van der Waals surface area contributed by atoms with Crippen molar-refractivity contribution in [3.63, 3.8) is 0 Å². The summed E-state index contributed by atoms with van der Waals surface area (Å²) in [5.41, 5.74) is 4.87. The van der Waals surface area contributed by atoms with Gasteiger partial charge in [-0.1, -0.05) is 53.8 Å². The molecule has 0 bridgehead atoms. The predicted molar refractivity (Wildman–Crippen MR) is 128 cm³/mol. The molecule has 0 radical (unpaired) electrons. The van der Waals surface area contributed by atoms with E-state index in [4.69, 9.17) is 9.72 Å². The first-order chi connectivity index (χ1) is 15.6. The van der Waals surface area contributed by atoms with Gasteiger partial charge in [0.25, 0.3) is 5.91 Å². The highest BCUT2D eigenvalue weighted by atomic mass is 32.1. The van der Waals surface area contributed by atoms with E-state index in [1.165, 1.54) is 11.3 Å². The summed E-state index contributed by atoms with van der Waals surface area (Å²) in [5, 5.41) is 0.631. The number of hydrogen-bond acceptors (Lipinski definition) is 5. The fraction of sp³-hybridized carbons (Fsp3) is 0.160. The monoisotopic (exact) mass is 442 g/mol. The molecule has 0 N–H and O–H groups in total. The van der Waals surface area contributed by atoms with Crippen LogP contribution in [0.4, 0.5) is 5.13 Å². The van der Waals surface area contributed by atoms with Gasteiger partial charge in [-0.3, -0.25) is 14.1 Å². The highest BCUT2D eigenvalue weighted by Crippen LogP contribution is 2.37. The minimum Gasteiger partial charge on any atom is -0.494 e. The number of aromatic nitrogens is 3. The summed E-state index contributed by atoms with van der Waals surface area (Å²) in [4.78, 5) is 25.1. The van der Waals surface area contributed by atoms with E-state index < -0.39 is 0 Å². The minimum atomic E-state index is -0.138. The molecule has 0 spiro atoms. The number of thiazole rings is 1. The first kappa shape index (κ1) is 20.2. The fourth-order valence-electron chi connectivity index (χ4n) is 3.87. The third-order valence-electron chi connectivity index (χ3n) is 5.48. The zero-order valence-corrected chi connectivity index (χ0v) is 18.9. The number of nitrogens with zero attached hydrogens (tertiary/aromatic N) is 4. The van der Waals surface area contributed by atoms with Crippen molar-refractivity contribution in [1.82, 2.24) is 14.4 Å². The van der Waals surface area contributed by atoms with Crippen LogP contribution in [0.3, 0.4) is 0 Å². The van der Waals surface area contributed by atoms with Gasteiger partial charge >= 0.3 is 0 Å². The molecule has 6 nitrogen and oxygen atoms in total. The molecule has 160 valence electrons. The average Bonchev–Trinajstić information content (AvgIpc) is 3.39. The molecule has 3 heterocycles. The van der Waals surface area contributed by atoms with Gasteiger partial charge in [0.2, 0.25) is 0 Å². The number of amides is 1. The lowest BCUT2D eigenvalue weighted by Crippen LogP contribution is -2.31. The summed E-state index contributed by atoms with van der Waals surface area (Å²) in [6.07, 6.45) is 1.87. The number of carbonyl (C=O) groups excluding carboxylic acids is 1. The zero-order chi connectivity index (χ0) is 22.2. The molecule has 0 aliphatic carbocycles. The van der Waals surface area contributed by atoms with Crippen LogP contribution in [0, 0.1) is 13.8 Å². The Labute approximate surface area is 189 Å². The molecule has 0 aliphatic heterocycles. The number of methoxy groups -OCH3 is 1. The maximum Gasteiger partial charge on any atom is 0.279 e. The van der Waals surface area contributed by atoms with Crippen LogP contribution in [0.5, 0.6) is 5.75 Å². The summed E-state index contributed by atoms with van der Waals surface area (Å²) in [7, 11) is 1.64. The lowest BCUT2D eigenvalue weighted by molar-refractivity contribution is 0.0979. The van der Waals surface area contributed by atoms with E-state index in [-0.39, 0.29) is 5.91 Å². The smallest absolute Gasteiger partial charge is 0.279 e. The first-order valence-corrected chi connectivity index (χ1v) is 11.1. The molecule has 0 saturated heterocycles. The van der Waals surface area contributed by atoms with Crippen LogP contribution in [0.1, 0.15) is 27.3 Å². The summed E-state index contributed by atoms with van der Waals surface area (Å²) in [5.74, 6) is 0.562. The van der Waals surface area contributed by atoms with Gasteiger partial charge in [0.1, 0.15) is 22.6 Å². The third kappa shape index (κ3) is 3.40. The summed E-state index contributed by atoms with van der Waals surface area (Å²) < 4.78 is 8.39. The number of rotatable bonds is 5. The van der Waals surface area contributed by atoms with Gasteiger partial charge in [-0.05, 0) is 43.2 Å². The molecule has 0 unspecified atom stereocenters. The summed E-state index contributed by atoms with van der Waals surface area (Å²) in [6.45, 7) is 4.31. The van der Waals surface area contributed by atoms with E-state index in [1.807, 2.05) is 85.1 Å². The Bertz CT molecular complexity index is 1440. The van der Waals surface area contributed by atoms with E-state index in [9.17, 15) is 4.79 Å². The summed E-state index contributed by atoms with van der Waals surface area (Å²) >= 11 is 1.50. The van der Waals surface area contributed by atoms with Gasteiger partial charge in [-0.15, -0.1) is 0 Å². The number of carbonyl (C=O) groups is 1. The molecule has 3 aromatic heterocycles. The standard InChI is InChI=1S/C25H22N4O2S/c1-16-12-13-19(31-3)21-23(16)32-25(27-21)29(15-18-9-5-4-6-10-18)24(30)22-17(2)26-20-11-7-8-14-28(20)22/h4-14H,15H2,1-3H3. The molecule has 5 rings (SSSR count). The van der Waals surface area contributed by atoms with Crippen molar-refractivity contribution in [3.8, 4) is 5.75 Å². The predicted octanol–water partition coefficient (Wildman–Crippen LogP) is 5.42. The number of hydrogen-bond donors (Lipinski definition) is 0. The lowest BCUT2D eigenvalue weighted by Gasteiger charge is -2.20. The molecule has 5 aromatic rings. The normalized spacial score (nSPS) is 11.2. The van der Waals surface area contributed by atoms with Crippen molar-refractivity contribution < 1.29 is 9.53 Å². The number of ether oxygens (including phenoxy) is 1. The van der Waals surface area contributed by atoms with Crippen LogP contribution in [0.2, 0.25) is 0 Å². The number of benzene rings is 2. The lowest BCUT2D eigenvalue weighted by atomic mass is 10.2. The topological polar surface area (TPSA) is 59.7 Å². The first-order valence-electron chi connectivity index (χ1n) is 10.3. The van der Waals surface area contributed by atoms with Crippen molar-refractivity contribution in [1.29, 1.82) is 0 Å². The van der Waals surface area contributed by atoms with Crippen LogP contribution < -0.4 is 9.64 Å². The highest BCUT2D eigenvalue weighted by molar-refractivity contribution is 7.22. The number of pyridine rings is 1. The molecule has 0 fully saturated rings. The molecule has 32 heavy (non-hydrogen) atoms. The third-order valence-corrected chi connectivity index (χ3v) is 6.69. The van der Waals surface area contributed by atoms with Gasteiger partial charge < -0.3 is 4.74 Å². The molecule has 2 aromatic carbocycles. The largest absolute Gasteiger partial charge is 0.494 e. The number of imidazole rings is 1. The Morgan fingerprint density at radius 3 is 2.59 bits per heavy atom. The van der Waals surface area contributed by atoms with Gasteiger partial charge in [-0.2, -0.15) is 0 Å². The second-order valence-electron chi connectivity index (χ2n) is 7.61. The quantitative estimate of drug-likeness (QED) is 0.365. The SMILES string of the molecule is COc1ccc(C)c2sc(N(Cc3ccccc3)C(=O)c3c(C)nc4ccccn34)nc12. The van der Waals surface area contributed by atoms with Crippen molar-refractivity contribution in [2.45, 2.75) is 20.4 Å². The number of fused-ring (bicyclic) bond motifs is 2. The molecular weight excluding hydrogens is 420 g/mol. The molecule has 0 aliphatic rings. The van der Waals surface area contributed by atoms with Crippen molar-refractivity contribution in [2.75, 3.05) is 12.0 Å². The van der Waals surface area contributed by atoms with Crippen molar-refractivity contribution in [2.24, 2.45) is 0 Å². The van der Waals surface area contributed by atoms with Crippen molar-refractivity contribution >= 4 is 38.2 Å². The zero-order valence-electron chi connectivity index (χ0n) is 18.1. The van der Waals surface area contributed by atoms with Crippen LogP contribution in [0.25, 0.3) is 15.9 Å². The van der Waals surface area contributed by atoms with Crippen LogP contribution in [-0.2, 0) is 6.54 Å². The van der Waals surface area contributed by atoms with E-state index in [2.05, 4.69) is 4.98 Å². The maximum atomic E-state index is 14.0. The Kier molecular flexibility index (Phi) is 5.11. The highest BCUT2D eigenvalue weighted by Gasteiger charge is 2.27. The van der Waals surface area contributed by atoms with Gasteiger partial charge in [0.15, 0.2) is 5.13 Å². The Morgan fingerprint density at radius 2 is 1.81 bits per heavy atom. The maximum absolute atomic E-state index is 14.0. The molecule has 1 amide bonds. The van der Waals surface area contributed by atoms with Crippen LogP contribution in [0.15, 0.2) is 66.9 Å². The van der Waals surface area contributed by atoms with Gasteiger partial charge in [0, 0.05) is 6.20 Å². The average molecular weight is 443 g/mol. The summed E-state index contributed by atoms with van der Waals surface area (Å²) in [6, 6.07) is 19.6. The van der Waals surface area contributed by atoms with E-state index in [0.29, 0.717) is 28.8 Å². The molecule has 0 saturated carbocycles. The Balaban J connectivity index is 1.68.